The Bertz CT molecular complexity index is 563. The van der Waals surface area contributed by atoms with Gasteiger partial charge in [0.1, 0.15) is 11.5 Å². The lowest BCUT2D eigenvalue weighted by atomic mass is 10.2. The zero-order valence-electron chi connectivity index (χ0n) is 10.0. The minimum atomic E-state index is -0.453. The smallest absolute Gasteiger partial charge is 0.267 e. The van der Waals surface area contributed by atoms with Crippen LogP contribution in [0.3, 0.4) is 0 Å². The zero-order valence-corrected chi connectivity index (χ0v) is 10.0. The maximum Gasteiger partial charge on any atom is 0.267 e. The molecule has 1 unspecified atom stereocenters. The first-order chi connectivity index (χ1) is 8.58. The fourth-order valence-corrected chi connectivity index (χ4v) is 1.73. The van der Waals surface area contributed by atoms with Crippen LogP contribution in [0.5, 0.6) is 0 Å². The molecule has 0 fully saturated rings. The first-order valence-corrected chi connectivity index (χ1v) is 5.81. The average Bonchev–Trinajstić information content (AvgIpc) is 2.74. The molecule has 1 amide bonds. The summed E-state index contributed by atoms with van der Waals surface area (Å²) in [5, 5.41) is 12.1. The van der Waals surface area contributed by atoms with Crippen LogP contribution in [-0.2, 0) is 0 Å². The molecule has 0 saturated heterocycles. The lowest BCUT2D eigenvalue weighted by Crippen LogP contribution is -2.26. The van der Waals surface area contributed by atoms with E-state index in [-0.39, 0.29) is 11.7 Å². The highest BCUT2D eigenvalue weighted by molar-refractivity contribution is 5.98. The minimum absolute atomic E-state index is 0.300. The minimum Gasteiger partial charge on any atom is -0.393 e. The average molecular weight is 250 g/mol. The standard InChI is InChI=1S/C13H15FN2O2/c1-8(17)5-6-15-13(18)12-7-9-10(14)3-2-4-11(9)16-12/h2-4,7-8,16-17H,5-6H2,1H3,(H,15,18). The Kier molecular flexibility index (Phi) is 3.62. The van der Waals surface area contributed by atoms with Crippen molar-refractivity contribution in [1.82, 2.24) is 10.3 Å². The second-order valence-corrected chi connectivity index (χ2v) is 4.28. The largest absolute Gasteiger partial charge is 0.393 e. The summed E-state index contributed by atoms with van der Waals surface area (Å²) in [6, 6.07) is 6.14. The maximum atomic E-state index is 13.4. The molecule has 96 valence electrons. The van der Waals surface area contributed by atoms with Gasteiger partial charge in [0.25, 0.3) is 5.91 Å². The van der Waals surface area contributed by atoms with Gasteiger partial charge >= 0.3 is 0 Å². The number of carbonyl (C=O) groups excluding carboxylic acids is 1. The van der Waals surface area contributed by atoms with E-state index in [1.165, 1.54) is 12.1 Å². The third kappa shape index (κ3) is 2.68. The van der Waals surface area contributed by atoms with Gasteiger partial charge in [-0.1, -0.05) is 6.07 Å². The van der Waals surface area contributed by atoms with Crippen molar-refractivity contribution in [2.24, 2.45) is 0 Å². The van der Waals surface area contributed by atoms with Gasteiger partial charge in [0.2, 0.25) is 0 Å². The molecule has 0 aliphatic rings. The van der Waals surface area contributed by atoms with Crippen molar-refractivity contribution in [3.05, 3.63) is 35.8 Å². The molecule has 1 aromatic carbocycles. The molecule has 0 saturated carbocycles. The predicted octanol–water partition coefficient (Wildman–Crippen LogP) is 1.81. The zero-order chi connectivity index (χ0) is 13.1. The van der Waals surface area contributed by atoms with E-state index in [0.29, 0.717) is 29.6 Å². The molecule has 1 aromatic heterocycles. The van der Waals surface area contributed by atoms with Gasteiger partial charge in [-0.3, -0.25) is 4.79 Å². The Hall–Kier alpha value is -1.88. The molecular weight excluding hydrogens is 235 g/mol. The quantitative estimate of drug-likeness (QED) is 0.774. The molecule has 1 atom stereocenters. The van der Waals surface area contributed by atoms with Crippen molar-refractivity contribution in [1.29, 1.82) is 0 Å². The van der Waals surface area contributed by atoms with Crippen molar-refractivity contribution in [2.75, 3.05) is 6.54 Å². The Balaban J connectivity index is 2.11. The molecule has 0 bridgehead atoms. The molecule has 4 nitrogen and oxygen atoms in total. The van der Waals surface area contributed by atoms with E-state index in [2.05, 4.69) is 10.3 Å². The fraction of sp³-hybridized carbons (Fsp3) is 0.308. The number of fused-ring (bicyclic) bond motifs is 1. The van der Waals surface area contributed by atoms with Crippen molar-refractivity contribution in [3.63, 3.8) is 0 Å². The first kappa shape index (κ1) is 12.6. The summed E-state index contributed by atoms with van der Waals surface area (Å²) >= 11 is 0. The van der Waals surface area contributed by atoms with Crippen LogP contribution < -0.4 is 5.32 Å². The summed E-state index contributed by atoms with van der Waals surface area (Å²) in [5.74, 6) is -0.655. The number of hydrogen-bond acceptors (Lipinski definition) is 2. The molecule has 0 radical (unpaired) electrons. The van der Waals surface area contributed by atoms with E-state index in [0.717, 1.165) is 0 Å². The molecule has 0 aliphatic heterocycles. The third-order valence-corrected chi connectivity index (χ3v) is 2.70. The Morgan fingerprint density at radius 3 is 3.00 bits per heavy atom. The van der Waals surface area contributed by atoms with Crippen LogP contribution in [0.1, 0.15) is 23.8 Å². The normalized spacial score (nSPS) is 12.6. The van der Waals surface area contributed by atoms with E-state index in [9.17, 15) is 9.18 Å². The van der Waals surface area contributed by atoms with E-state index in [1.807, 2.05) is 0 Å². The number of carbonyl (C=O) groups is 1. The van der Waals surface area contributed by atoms with Gasteiger partial charge in [0, 0.05) is 17.4 Å². The molecule has 18 heavy (non-hydrogen) atoms. The number of hydrogen-bond donors (Lipinski definition) is 3. The predicted molar refractivity (Wildman–Crippen MR) is 66.9 cm³/mol. The Morgan fingerprint density at radius 1 is 1.56 bits per heavy atom. The number of H-pyrrole nitrogens is 1. The van der Waals surface area contributed by atoms with Crippen LogP contribution in [-0.4, -0.2) is 28.6 Å². The molecule has 2 aromatic rings. The van der Waals surface area contributed by atoms with E-state index < -0.39 is 6.10 Å². The van der Waals surface area contributed by atoms with Crippen molar-refractivity contribution in [2.45, 2.75) is 19.4 Å². The summed E-state index contributed by atoms with van der Waals surface area (Å²) in [7, 11) is 0. The number of amides is 1. The highest BCUT2D eigenvalue weighted by Crippen LogP contribution is 2.18. The van der Waals surface area contributed by atoms with E-state index in [1.54, 1.807) is 19.1 Å². The van der Waals surface area contributed by atoms with Crippen LogP contribution in [0.25, 0.3) is 10.9 Å². The highest BCUT2D eigenvalue weighted by Gasteiger charge is 2.11. The van der Waals surface area contributed by atoms with Gasteiger partial charge in [-0.25, -0.2) is 4.39 Å². The van der Waals surface area contributed by atoms with E-state index >= 15 is 0 Å². The van der Waals surface area contributed by atoms with Gasteiger partial charge in [-0.2, -0.15) is 0 Å². The van der Waals surface area contributed by atoms with Crippen molar-refractivity contribution in [3.8, 4) is 0 Å². The first-order valence-electron chi connectivity index (χ1n) is 5.81. The lowest BCUT2D eigenvalue weighted by Gasteiger charge is -2.05. The van der Waals surface area contributed by atoms with Crippen molar-refractivity contribution < 1.29 is 14.3 Å². The SMILES string of the molecule is CC(O)CCNC(=O)c1cc2c(F)cccc2[nH]1. The molecular formula is C13H15FN2O2. The number of rotatable bonds is 4. The van der Waals surface area contributed by atoms with Crippen LogP contribution in [0, 0.1) is 5.82 Å². The molecule has 0 aliphatic carbocycles. The monoisotopic (exact) mass is 250 g/mol. The van der Waals surface area contributed by atoms with Gasteiger partial charge in [-0.05, 0) is 31.5 Å². The third-order valence-electron chi connectivity index (χ3n) is 2.70. The topological polar surface area (TPSA) is 65.1 Å². The van der Waals surface area contributed by atoms with E-state index in [4.69, 9.17) is 5.11 Å². The lowest BCUT2D eigenvalue weighted by molar-refractivity contribution is 0.0941. The number of aromatic amines is 1. The van der Waals surface area contributed by atoms with Crippen LogP contribution >= 0.6 is 0 Å². The number of aromatic nitrogens is 1. The molecule has 2 rings (SSSR count). The molecule has 3 N–H and O–H groups in total. The Labute approximate surface area is 104 Å². The number of aliphatic hydroxyl groups is 1. The summed E-state index contributed by atoms with van der Waals surface area (Å²) < 4.78 is 13.4. The number of aliphatic hydroxyl groups excluding tert-OH is 1. The Morgan fingerprint density at radius 2 is 2.33 bits per heavy atom. The molecule has 1 heterocycles. The van der Waals surface area contributed by atoms with Gasteiger partial charge in [0.15, 0.2) is 0 Å². The highest BCUT2D eigenvalue weighted by atomic mass is 19.1. The van der Waals surface area contributed by atoms with Gasteiger partial charge < -0.3 is 15.4 Å². The van der Waals surface area contributed by atoms with Crippen LogP contribution in [0.15, 0.2) is 24.3 Å². The number of benzene rings is 1. The molecule has 5 heteroatoms. The summed E-state index contributed by atoms with van der Waals surface area (Å²) in [4.78, 5) is 14.6. The number of halogens is 1. The van der Waals surface area contributed by atoms with Gasteiger partial charge in [0.05, 0.1) is 6.10 Å². The second kappa shape index (κ2) is 5.18. The fourth-order valence-electron chi connectivity index (χ4n) is 1.73. The number of nitrogens with one attached hydrogen (secondary N) is 2. The van der Waals surface area contributed by atoms with Crippen molar-refractivity contribution >= 4 is 16.8 Å². The van der Waals surface area contributed by atoms with Gasteiger partial charge in [-0.15, -0.1) is 0 Å². The summed E-state index contributed by atoms with van der Waals surface area (Å²) in [6.07, 6.45) is 0.0332. The maximum absolute atomic E-state index is 13.4. The second-order valence-electron chi connectivity index (χ2n) is 4.28. The summed E-state index contributed by atoms with van der Waals surface area (Å²) in [5.41, 5.74) is 0.913. The van der Waals surface area contributed by atoms with Crippen LogP contribution in [0.4, 0.5) is 4.39 Å². The summed E-state index contributed by atoms with van der Waals surface area (Å²) in [6.45, 7) is 2.04. The van der Waals surface area contributed by atoms with Crippen LogP contribution in [0.2, 0.25) is 0 Å². The molecule has 0 spiro atoms.